The van der Waals surface area contributed by atoms with Crippen LogP contribution in [0.25, 0.3) is 0 Å². The fraction of sp³-hybridized carbons (Fsp3) is 0.526. The highest BCUT2D eigenvalue weighted by molar-refractivity contribution is 9.10. The molecule has 0 radical (unpaired) electrons. The highest BCUT2D eigenvalue weighted by Gasteiger charge is 2.26. The molecule has 0 saturated carbocycles. The lowest BCUT2D eigenvalue weighted by Crippen LogP contribution is -2.49. The lowest BCUT2D eigenvalue weighted by Gasteiger charge is -2.35. The fourth-order valence-electron chi connectivity index (χ4n) is 3.66. The van der Waals surface area contributed by atoms with E-state index in [-0.39, 0.29) is 5.91 Å². The molecule has 2 aliphatic heterocycles. The Morgan fingerprint density at radius 3 is 2.41 bits per heavy atom. The van der Waals surface area contributed by atoms with Gasteiger partial charge in [0.05, 0.1) is 0 Å². The van der Waals surface area contributed by atoms with Gasteiger partial charge in [0.1, 0.15) is 5.82 Å². The second-order valence-corrected chi connectivity index (χ2v) is 7.88. The molecule has 0 unspecified atom stereocenters. The highest BCUT2D eigenvalue weighted by Crippen LogP contribution is 2.22. The average Bonchev–Trinajstić information content (AvgIpc) is 3.14. The Labute approximate surface area is 167 Å². The molecule has 2 aliphatic rings. The van der Waals surface area contributed by atoms with Crippen molar-refractivity contribution in [2.75, 3.05) is 49.1 Å². The minimum absolute atomic E-state index is 0.0699. The number of nitrogens with zero attached hydrogens (tertiary/aromatic N) is 5. The average molecular weight is 434 g/mol. The maximum atomic E-state index is 12.5. The van der Waals surface area contributed by atoms with Crippen molar-refractivity contribution >= 4 is 33.6 Å². The standard InChI is InChI=1S/C19H24BrN5O2/c1-14-13-17(23-7-3-2-4-8-23)22-19(21-14)25-11-9-24(10-12-25)18(26)15-5-6-16(20)27-15/h5-6,13H,2-4,7-12H2,1H3. The smallest absolute Gasteiger partial charge is 0.289 e. The summed E-state index contributed by atoms with van der Waals surface area (Å²) in [4.78, 5) is 28.3. The summed E-state index contributed by atoms with van der Waals surface area (Å²) < 4.78 is 5.96. The predicted octanol–water partition coefficient (Wildman–Crippen LogP) is 3.09. The van der Waals surface area contributed by atoms with E-state index in [1.54, 1.807) is 12.1 Å². The summed E-state index contributed by atoms with van der Waals surface area (Å²) in [5.74, 6) is 2.09. The third kappa shape index (κ3) is 4.10. The van der Waals surface area contributed by atoms with Gasteiger partial charge in [-0.05, 0) is 54.2 Å². The minimum Gasteiger partial charge on any atom is -0.444 e. The normalized spacial score (nSPS) is 18.1. The van der Waals surface area contributed by atoms with Crippen LogP contribution < -0.4 is 9.80 Å². The van der Waals surface area contributed by atoms with Crippen LogP contribution in [0, 0.1) is 6.92 Å². The van der Waals surface area contributed by atoms with Gasteiger partial charge in [-0.2, -0.15) is 4.98 Å². The zero-order valence-corrected chi connectivity index (χ0v) is 17.1. The van der Waals surface area contributed by atoms with Gasteiger partial charge in [0.25, 0.3) is 5.91 Å². The third-order valence-electron chi connectivity index (χ3n) is 5.14. The van der Waals surface area contributed by atoms with Gasteiger partial charge in [-0.15, -0.1) is 0 Å². The molecule has 0 aromatic carbocycles. The summed E-state index contributed by atoms with van der Waals surface area (Å²) in [7, 11) is 0. The summed E-state index contributed by atoms with van der Waals surface area (Å²) in [6.45, 7) is 6.86. The van der Waals surface area contributed by atoms with Gasteiger partial charge < -0.3 is 19.1 Å². The largest absolute Gasteiger partial charge is 0.444 e. The Morgan fingerprint density at radius 1 is 1.00 bits per heavy atom. The monoisotopic (exact) mass is 433 g/mol. The number of furan rings is 1. The maximum absolute atomic E-state index is 12.5. The molecule has 8 heteroatoms. The molecule has 0 bridgehead atoms. The molecule has 0 N–H and O–H groups in total. The zero-order valence-electron chi connectivity index (χ0n) is 15.5. The van der Waals surface area contributed by atoms with Crippen molar-refractivity contribution in [3.8, 4) is 0 Å². The number of hydrogen-bond acceptors (Lipinski definition) is 6. The first-order chi connectivity index (χ1) is 13.1. The lowest BCUT2D eigenvalue weighted by molar-refractivity contribution is 0.0712. The molecule has 1 amide bonds. The van der Waals surface area contributed by atoms with Gasteiger partial charge in [0.2, 0.25) is 5.95 Å². The van der Waals surface area contributed by atoms with Gasteiger partial charge >= 0.3 is 0 Å². The summed E-state index contributed by atoms with van der Waals surface area (Å²) in [6, 6.07) is 5.52. The van der Waals surface area contributed by atoms with Crippen LogP contribution in [0.1, 0.15) is 35.5 Å². The molecule has 4 rings (SSSR count). The fourth-order valence-corrected chi connectivity index (χ4v) is 3.96. The van der Waals surface area contributed by atoms with Gasteiger partial charge in [-0.3, -0.25) is 4.79 Å². The number of carbonyl (C=O) groups is 1. The van der Waals surface area contributed by atoms with Crippen LogP contribution in [0.2, 0.25) is 0 Å². The van der Waals surface area contributed by atoms with Crippen LogP contribution in [-0.4, -0.2) is 60.0 Å². The SMILES string of the molecule is Cc1cc(N2CCCCC2)nc(N2CCN(C(=O)c3ccc(Br)o3)CC2)n1. The molecule has 4 heterocycles. The van der Waals surface area contributed by atoms with E-state index >= 15 is 0 Å². The molecule has 2 saturated heterocycles. The first-order valence-electron chi connectivity index (χ1n) is 9.50. The van der Waals surface area contributed by atoms with E-state index in [4.69, 9.17) is 9.40 Å². The molecule has 7 nitrogen and oxygen atoms in total. The van der Waals surface area contributed by atoms with E-state index < -0.39 is 0 Å². The van der Waals surface area contributed by atoms with Crippen LogP contribution in [0.3, 0.4) is 0 Å². The molecule has 2 aromatic heterocycles. The van der Waals surface area contributed by atoms with Crippen LogP contribution in [0.5, 0.6) is 0 Å². The Balaban J connectivity index is 1.43. The van der Waals surface area contributed by atoms with Crippen LogP contribution in [-0.2, 0) is 0 Å². The molecule has 0 aliphatic carbocycles. The van der Waals surface area contributed by atoms with Crippen molar-refractivity contribution in [2.24, 2.45) is 0 Å². The molecular weight excluding hydrogens is 410 g/mol. The Morgan fingerprint density at radius 2 is 1.74 bits per heavy atom. The number of piperidine rings is 1. The predicted molar refractivity (Wildman–Crippen MR) is 107 cm³/mol. The second-order valence-electron chi connectivity index (χ2n) is 7.10. The topological polar surface area (TPSA) is 65.7 Å². The van der Waals surface area contributed by atoms with E-state index in [1.165, 1.54) is 19.3 Å². The van der Waals surface area contributed by atoms with Crippen molar-refractivity contribution in [1.82, 2.24) is 14.9 Å². The van der Waals surface area contributed by atoms with E-state index in [2.05, 4.69) is 36.8 Å². The second kappa shape index (κ2) is 7.88. The van der Waals surface area contributed by atoms with Crippen LogP contribution in [0.4, 0.5) is 11.8 Å². The molecule has 0 atom stereocenters. The molecule has 0 spiro atoms. The number of anilines is 2. The van der Waals surface area contributed by atoms with E-state index in [9.17, 15) is 4.79 Å². The van der Waals surface area contributed by atoms with E-state index in [0.29, 0.717) is 23.5 Å². The number of carbonyl (C=O) groups excluding carboxylic acids is 1. The third-order valence-corrected chi connectivity index (χ3v) is 5.57. The number of halogens is 1. The van der Waals surface area contributed by atoms with E-state index in [1.807, 2.05) is 11.8 Å². The maximum Gasteiger partial charge on any atom is 0.289 e. The Hall–Kier alpha value is -2.09. The van der Waals surface area contributed by atoms with Crippen molar-refractivity contribution in [3.63, 3.8) is 0 Å². The Bertz CT molecular complexity index is 810. The number of piperazine rings is 1. The molecule has 2 aromatic rings. The van der Waals surface area contributed by atoms with Crippen LogP contribution in [0.15, 0.2) is 27.3 Å². The first kappa shape index (κ1) is 18.3. The number of amides is 1. The summed E-state index contributed by atoms with van der Waals surface area (Å²) in [6.07, 6.45) is 3.75. The molecular formula is C19H24BrN5O2. The highest BCUT2D eigenvalue weighted by atomic mass is 79.9. The van der Waals surface area contributed by atoms with Crippen LogP contribution >= 0.6 is 15.9 Å². The quantitative estimate of drug-likeness (QED) is 0.740. The Kier molecular flexibility index (Phi) is 5.33. The number of rotatable bonds is 3. The number of aromatic nitrogens is 2. The van der Waals surface area contributed by atoms with Crippen molar-refractivity contribution in [3.05, 3.63) is 34.3 Å². The molecule has 144 valence electrons. The summed E-state index contributed by atoms with van der Waals surface area (Å²) >= 11 is 3.24. The van der Waals surface area contributed by atoms with Gasteiger partial charge in [0, 0.05) is 51.0 Å². The van der Waals surface area contributed by atoms with Crippen molar-refractivity contribution in [1.29, 1.82) is 0 Å². The number of aryl methyl sites for hydroxylation is 1. The zero-order chi connectivity index (χ0) is 18.8. The number of hydrogen-bond donors (Lipinski definition) is 0. The first-order valence-corrected chi connectivity index (χ1v) is 10.3. The van der Waals surface area contributed by atoms with Crippen molar-refractivity contribution < 1.29 is 9.21 Å². The van der Waals surface area contributed by atoms with Gasteiger partial charge in [-0.25, -0.2) is 4.98 Å². The lowest BCUT2D eigenvalue weighted by atomic mass is 10.1. The van der Waals surface area contributed by atoms with Crippen molar-refractivity contribution in [2.45, 2.75) is 26.2 Å². The van der Waals surface area contributed by atoms with E-state index in [0.717, 1.165) is 43.6 Å². The van der Waals surface area contributed by atoms with Gasteiger partial charge in [0.15, 0.2) is 10.4 Å². The minimum atomic E-state index is -0.0699. The summed E-state index contributed by atoms with van der Waals surface area (Å²) in [5, 5.41) is 0. The summed E-state index contributed by atoms with van der Waals surface area (Å²) in [5.41, 5.74) is 0.986. The van der Waals surface area contributed by atoms with Gasteiger partial charge in [-0.1, -0.05) is 0 Å². The molecule has 2 fully saturated rings. The molecule has 27 heavy (non-hydrogen) atoms.